The maximum Gasteiger partial charge on any atom is 0.123 e. The number of nitrogens with two attached hydrogens (primary N) is 1. The molecule has 0 radical (unpaired) electrons. The van der Waals surface area contributed by atoms with Crippen molar-refractivity contribution in [1.82, 2.24) is 0 Å². The quantitative estimate of drug-likeness (QED) is 0.729. The SMILES string of the molecule is Cc1ccc2ccccc2c1-c1ccc(F)cc1CN. The van der Waals surface area contributed by atoms with Crippen LogP contribution in [0.2, 0.25) is 0 Å². The van der Waals surface area contributed by atoms with Crippen molar-refractivity contribution in [3.8, 4) is 11.1 Å². The summed E-state index contributed by atoms with van der Waals surface area (Å²) in [5, 5.41) is 2.36. The van der Waals surface area contributed by atoms with Crippen LogP contribution in [-0.4, -0.2) is 0 Å². The van der Waals surface area contributed by atoms with Gasteiger partial charge in [0.2, 0.25) is 0 Å². The highest BCUT2D eigenvalue weighted by atomic mass is 19.1. The van der Waals surface area contributed by atoms with Crippen molar-refractivity contribution in [3.63, 3.8) is 0 Å². The van der Waals surface area contributed by atoms with Gasteiger partial charge in [-0.3, -0.25) is 0 Å². The Balaban J connectivity index is 2.37. The van der Waals surface area contributed by atoms with Crippen LogP contribution < -0.4 is 5.73 Å². The Labute approximate surface area is 117 Å². The van der Waals surface area contributed by atoms with E-state index in [0.29, 0.717) is 6.54 Å². The molecule has 0 aromatic heterocycles. The second kappa shape index (κ2) is 5.06. The van der Waals surface area contributed by atoms with E-state index < -0.39 is 0 Å². The van der Waals surface area contributed by atoms with Gasteiger partial charge in [-0.15, -0.1) is 0 Å². The molecule has 0 spiro atoms. The van der Waals surface area contributed by atoms with Gasteiger partial charge in [0.25, 0.3) is 0 Å². The minimum absolute atomic E-state index is 0.243. The normalized spacial score (nSPS) is 10.9. The first-order valence-electron chi connectivity index (χ1n) is 6.68. The molecule has 2 N–H and O–H groups in total. The van der Waals surface area contributed by atoms with E-state index in [2.05, 4.69) is 31.2 Å². The molecule has 20 heavy (non-hydrogen) atoms. The lowest BCUT2D eigenvalue weighted by atomic mass is 9.91. The summed E-state index contributed by atoms with van der Waals surface area (Å²) < 4.78 is 13.4. The molecular formula is C18H16FN. The fourth-order valence-electron chi connectivity index (χ4n) is 2.71. The van der Waals surface area contributed by atoms with Gasteiger partial charge in [-0.05, 0) is 52.1 Å². The van der Waals surface area contributed by atoms with Crippen molar-refractivity contribution in [2.75, 3.05) is 0 Å². The highest BCUT2D eigenvalue weighted by Gasteiger charge is 2.11. The van der Waals surface area contributed by atoms with Crippen molar-refractivity contribution in [1.29, 1.82) is 0 Å². The summed E-state index contributed by atoms with van der Waals surface area (Å²) in [7, 11) is 0. The molecule has 3 rings (SSSR count). The first-order valence-corrected chi connectivity index (χ1v) is 6.68. The van der Waals surface area contributed by atoms with Crippen LogP contribution in [0.15, 0.2) is 54.6 Å². The van der Waals surface area contributed by atoms with Crippen LogP contribution in [0.25, 0.3) is 21.9 Å². The summed E-state index contributed by atoms with van der Waals surface area (Å²) in [6.45, 7) is 2.40. The van der Waals surface area contributed by atoms with Crippen LogP contribution in [0.5, 0.6) is 0 Å². The number of benzene rings is 3. The van der Waals surface area contributed by atoms with E-state index >= 15 is 0 Å². The smallest absolute Gasteiger partial charge is 0.123 e. The summed E-state index contributed by atoms with van der Waals surface area (Å²) in [4.78, 5) is 0. The molecule has 0 aliphatic rings. The first kappa shape index (κ1) is 12.8. The zero-order valence-electron chi connectivity index (χ0n) is 11.4. The second-order valence-electron chi connectivity index (χ2n) is 4.98. The van der Waals surface area contributed by atoms with E-state index in [4.69, 9.17) is 5.73 Å². The molecule has 0 aliphatic carbocycles. The molecule has 0 unspecified atom stereocenters. The van der Waals surface area contributed by atoms with Gasteiger partial charge in [0.05, 0.1) is 0 Å². The molecule has 0 amide bonds. The Morgan fingerprint density at radius 3 is 2.60 bits per heavy atom. The Hall–Kier alpha value is -2.19. The van der Waals surface area contributed by atoms with E-state index in [1.165, 1.54) is 28.5 Å². The van der Waals surface area contributed by atoms with Gasteiger partial charge >= 0.3 is 0 Å². The summed E-state index contributed by atoms with van der Waals surface area (Å²) in [6, 6.07) is 17.3. The van der Waals surface area contributed by atoms with Crippen LogP contribution >= 0.6 is 0 Å². The van der Waals surface area contributed by atoms with Gasteiger partial charge in [0.15, 0.2) is 0 Å². The zero-order valence-corrected chi connectivity index (χ0v) is 11.4. The highest BCUT2D eigenvalue weighted by Crippen LogP contribution is 2.34. The minimum Gasteiger partial charge on any atom is -0.326 e. The summed E-state index contributed by atoms with van der Waals surface area (Å²) >= 11 is 0. The van der Waals surface area contributed by atoms with Crippen molar-refractivity contribution >= 4 is 10.8 Å². The van der Waals surface area contributed by atoms with Gasteiger partial charge in [-0.25, -0.2) is 4.39 Å². The number of halogens is 1. The summed E-state index contributed by atoms with van der Waals surface area (Å²) in [5.41, 5.74) is 9.95. The molecule has 3 aromatic rings. The topological polar surface area (TPSA) is 26.0 Å². The van der Waals surface area contributed by atoms with E-state index in [1.807, 2.05) is 18.2 Å². The number of hydrogen-bond donors (Lipinski definition) is 1. The Morgan fingerprint density at radius 1 is 1.00 bits per heavy atom. The molecule has 2 heteroatoms. The van der Waals surface area contributed by atoms with E-state index in [9.17, 15) is 4.39 Å². The molecular weight excluding hydrogens is 249 g/mol. The lowest BCUT2D eigenvalue weighted by molar-refractivity contribution is 0.625. The highest BCUT2D eigenvalue weighted by molar-refractivity contribution is 5.98. The Morgan fingerprint density at radius 2 is 1.80 bits per heavy atom. The standard InChI is InChI=1S/C18H16FN/c1-12-6-7-13-4-2-3-5-16(13)18(12)17-9-8-15(19)10-14(17)11-20/h2-10H,11,20H2,1H3. The van der Waals surface area contributed by atoms with E-state index in [-0.39, 0.29) is 5.82 Å². The van der Waals surface area contributed by atoms with Gasteiger partial charge in [0.1, 0.15) is 5.82 Å². The molecule has 1 nitrogen and oxygen atoms in total. The Kier molecular flexibility index (Phi) is 3.25. The number of fused-ring (bicyclic) bond motifs is 1. The third kappa shape index (κ3) is 2.08. The zero-order chi connectivity index (χ0) is 14.1. The lowest BCUT2D eigenvalue weighted by Gasteiger charge is -2.14. The molecule has 0 atom stereocenters. The Bertz CT molecular complexity index is 777. The predicted octanol–water partition coefficient (Wildman–Crippen LogP) is 4.41. The fraction of sp³-hybridized carbons (Fsp3) is 0.111. The third-order valence-electron chi connectivity index (χ3n) is 3.69. The molecule has 100 valence electrons. The van der Waals surface area contributed by atoms with Crippen LogP contribution in [0.1, 0.15) is 11.1 Å². The predicted molar refractivity (Wildman–Crippen MR) is 82.0 cm³/mol. The molecule has 0 heterocycles. The number of aryl methyl sites for hydroxylation is 1. The van der Waals surface area contributed by atoms with Crippen LogP contribution in [-0.2, 0) is 6.54 Å². The average Bonchev–Trinajstić information content (AvgIpc) is 2.48. The molecule has 0 bridgehead atoms. The van der Waals surface area contributed by atoms with Crippen LogP contribution in [0.3, 0.4) is 0 Å². The monoisotopic (exact) mass is 265 g/mol. The van der Waals surface area contributed by atoms with Crippen LogP contribution in [0, 0.1) is 12.7 Å². The van der Waals surface area contributed by atoms with Gasteiger partial charge in [-0.2, -0.15) is 0 Å². The van der Waals surface area contributed by atoms with Crippen molar-refractivity contribution in [2.45, 2.75) is 13.5 Å². The third-order valence-corrected chi connectivity index (χ3v) is 3.69. The van der Waals surface area contributed by atoms with Crippen molar-refractivity contribution < 1.29 is 4.39 Å². The molecule has 0 saturated carbocycles. The maximum absolute atomic E-state index is 13.4. The largest absolute Gasteiger partial charge is 0.326 e. The number of hydrogen-bond acceptors (Lipinski definition) is 1. The summed E-state index contributed by atoms with van der Waals surface area (Å²) in [5.74, 6) is -0.243. The first-order chi connectivity index (χ1) is 9.70. The van der Waals surface area contributed by atoms with E-state index in [0.717, 1.165) is 16.7 Å². The maximum atomic E-state index is 13.4. The second-order valence-corrected chi connectivity index (χ2v) is 4.98. The molecule has 0 aliphatic heterocycles. The lowest BCUT2D eigenvalue weighted by Crippen LogP contribution is -2.01. The van der Waals surface area contributed by atoms with Gasteiger partial charge < -0.3 is 5.73 Å². The van der Waals surface area contributed by atoms with E-state index in [1.54, 1.807) is 0 Å². The van der Waals surface area contributed by atoms with Gasteiger partial charge in [-0.1, -0.05) is 42.5 Å². The van der Waals surface area contributed by atoms with Gasteiger partial charge in [0, 0.05) is 6.54 Å². The van der Waals surface area contributed by atoms with Crippen molar-refractivity contribution in [3.05, 3.63) is 71.5 Å². The summed E-state index contributed by atoms with van der Waals surface area (Å²) in [6.07, 6.45) is 0. The molecule has 3 aromatic carbocycles. The van der Waals surface area contributed by atoms with Crippen LogP contribution in [0.4, 0.5) is 4.39 Å². The average molecular weight is 265 g/mol. The minimum atomic E-state index is -0.243. The fourth-order valence-corrected chi connectivity index (χ4v) is 2.71. The van der Waals surface area contributed by atoms with Crippen molar-refractivity contribution in [2.24, 2.45) is 5.73 Å². The number of rotatable bonds is 2. The molecule has 0 saturated heterocycles. The molecule has 0 fully saturated rings.